The SMILES string of the molecule is CCCC1CCC(Nc2cc(Cl)ccc2C(=O)OC)CC1. The first kappa shape index (κ1) is 16.2. The number of carbonyl (C=O) groups excluding carboxylic acids is 1. The van der Waals surface area contributed by atoms with Gasteiger partial charge in [0.05, 0.1) is 18.4 Å². The lowest BCUT2D eigenvalue weighted by Crippen LogP contribution is -2.27. The summed E-state index contributed by atoms with van der Waals surface area (Å²) in [6.07, 6.45) is 7.43. The molecule has 0 radical (unpaired) electrons. The Labute approximate surface area is 132 Å². The van der Waals surface area contributed by atoms with E-state index in [1.807, 2.05) is 6.07 Å². The number of hydrogen-bond donors (Lipinski definition) is 1. The molecule has 0 unspecified atom stereocenters. The maximum atomic E-state index is 11.8. The Morgan fingerprint density at radius 2 is 2.05 bits per heavy atom. The van der Waals surface area contributed by atoms with Gasteiger partial charge in [0, 0.05) is 11.1 Å². The maximum Gasteiger partial charge on any atom is 0.339 e. The zero-order valence-corrected chi connectivity index (χ0v) is 13.6. The van der Waals surface area contributed by atoms with E-state index < -0.39 is 0 Å². The van der Waals surface area contributed by atoms with Crippen molar-refractivity contribution in [3.8, 4) is 0 Å². The van der Waals surface area contributed by atoms with Crippen molar-refractivity contribution in [2.75, 3.05) is 12.4 Å². The predicted octanol–water partition coefficient (Wildman–Crippen LogP) is 4.90. The molecule has 0 heterocycles. The minimum Gasteiger partial charge on any atom is -0.465 e. The Bertz CT molecular complexity index is 482. The van der Waals surface area contributed by atoms with E-state index in [0.717, 1.165) is 24.4 Å². The van der Waals surface area contributed by atoms with E-state index >= 15 is 0 Å². The number of methoxy groups -OCH3 is 1. The fourth-order valence-electron chi connectivity index (χ4n) is 3.15. The number of carbonyl (C=O) groups is 1. The van der Waals surface area contributed by atoms with Gasteiger partial charge >= 0.3 is 5.97 Å². The van der Waals surface area contributed by atoms with Gasteiger partial charge in [-0.05, 0) is 49.8 Å². The molecular weight excluding hydrogens is 286 g/mol. The van der Waals surface area contributed by atoms with Crippen LogP contribution in [0, 0.1) is 5.92 Å². The van der Waals surface area contributed by atoms with Crippen molar-refractivity contribution in [1.29, 1.82) is 0 Å². The number of benzene rings is 1. The molecule has 0 aliphatic heterocycles. The first-order chi connectivity index (χ1) is 10.1. The van der Waals surface area contributed by atoms with E-state index in [1.165, 1.54) is 32.8 Å². The van der Waals surface area contributed by atoms with Crippen molar-refractivity contribution >= 4 is 23.3 Å². The van der Waals surface area contributed by atoms with Crippen molar-refractivity contribution in [2.45, 2.75) is 51.5 Å². The normalized spacial score (nSPS) is 21.9. The lowest BCUT2D eigenvalue weighted by molar-refractivity contribution is 0.0601. The molecule has 0 spiro atoms. The number of anilines is 1. The fraction of sp³-hybridized carbons (Fsp3) is 0.588. The first-order valence-corrected chi connectivity index (χ1v) is 8.16. The zero-order valence-electron chi connectivity index (χ0n) is 12.8. The van der Waals surface area contributed by atoms with Crippen LogP contribution in [-0.4, -0.2) is 19.1 Å². The molecule has 21 heavy (non-hydrogen) atoms. The molecule has 116 valence electrons. The average Bonchev–Trinajstić information content (AvgIpc) is 2.49. The van der Waals surface area contributed by atoms with Gasteiger partial charge in [-0.3, -0.25) is 0 Å². The molecule has 0 aromatic heterocycles. The van der Waals surface area contributed by atoms with Gasteiger partial charge in [-0.1, -0.05) is 31.4 Å². The fourth-order valence-corrected chi connectivity index (χ4v) is 3.32. The summed E-state index contributed by atoms with van der Waals surface area (Å²) in [7, 11) is 1.40. The van der Waals surface area contributed by atoms with Crippen molar-refractivity contribution in [1.82, 2.24) is 0 Å². The Morgan fingerprint density at radius 3 is 2.67 bits per heavy atom. The van der Waals surface area contributed by atoms with Crippen molar-refractivity contribution in [2.24, 2.45) is 5.92 Å². The molecule has 1 aliphatic carbocycles. The van der Waals surface area contributed by atoms with E-state index in [1.54, 1.807) is 12.1 Å². The molecule has 0 amide bonds. The van der Waals surface area contributed by atoms with E-state index in [0.29, 0.717) is 16.6 Å². The summed E-state index contributed by atoms with van der Waals surface area (Å²) in [5.41, 5.74) is 1.34. The van der Waals surface area contributed by atoms with Gasteiger partial charge in [0.25, 0.3) is 0 Å². The second kappa shape index (κ2) is 7.69. The smallest absolute Gasteiger partial charge is 0.339 e. The minimum absolute atomic E-state index is 0.325. The van der Waals surface area contributed by atoms with E-state index in [-0.39, 0.29) is 5.97 Å². The highest BCUT2D eigenvalue weighted by Crippen LogP contribution is 2.31. The molecule has 3 nitrogen and oxygen atoms in total. The largest absolute Gasteiger partial charge is 0.465 e. The first-order valence-electron chi connectivity index (χ1n) is 7.78. The minimum atomic E-state index is -0.325. The molecular formula is C17H24ClNO2. The molecule has 0 bridgehead atoms. The van der Waals surface area contributed by atoms with E-state index in [4.69, 9.17) is 16.3 Å². The van der Waals surface area contributed by atoms with Crippen molar-refractivity contribution < 1.29 is 9.53 Å². The number of halogens is 1. The number of nitrogens with one attached hydrogen (secondary N) is 1. The lowest BCUT2D eigenvalue weighted by Gasteiger charge is -2.30. The Kier molecular flexibility index (Phi) is 5.92. The van der Waals surface area contributed by atoms with Crippen LogP contribution in [0.2, 0.25) is 5.02 Å². The van der Waals surface area contributed by atoms with Crippen LogP contribution >= 0.6 is 11.6 Å². The monoisotopic (exact) mass is 309 g/mol. The van der Waals surface area contributed by atoms with Crippen LogP contribution in [0.15, 0.2) is 18.2 Å². The molecule has 1 saturated carbocycles. The summed E-state index contributed by atoms with van der Waals surface area (Å²) in [4.78, 5) is 11.8. The third-order valence-corrected chi connectivity index (χ3v) is 4.53. The van der Waals surface area contributed by atoms with Crippen LogP contribution in [-0.2, 0) is 4.74 Å². The van der Waals surface area contributed by atoms with Gasteiger partial charge in [-0.2, -0.15) is 0 Å². The van der Waals surface area contributed by atoms with Gasteiger partial charge in [-0.15, -0.1) is 0 Å². The van der Waals surface area contributed by atoms with Crippen LogP contribution in [0.4, 0.5) is 5.69 Å². The number of rotatable bonds is 5. The van der Waals surface area contributed by atoms with Gasteiger partial charge in [0.2, 0.25) is 0 Å². The topological polar surface area (TPSA) is 38.3 Å². The maximum absolute atomic E-state index is 11.8. The molecule has 1 aromatic rings. The highest BCUT2D eigenvalue weighted by atomic mass is 35.5. The average molecular weight is 310 g/mol. The van der Waals surface area contributed by atoms with Gasteiger partial charge < -0.3 is 10.1 Å². The summed E-state index contributed by atoms with van der Waals surface area (Å²) < 4.78 is 4.83. The molecule has 1 fully saturated rings. The van der Waals surface area contributed by atoms with E-state index in [9.17, 15) is 4.79 Å². The quantitative estimate of drug-likeness (QED) is 0.786. The van der Waals surface area contributed by atoms with Crippen molar-refractivity contribution in [3.63, 3.8) is 0 Å². The number of ether oxygens (including phenoxy) is 1. The summed E-state index contributed by atoms with van der Waals surface area (Å²) in [5, 5.41) is 4.11. The molecule has 2 rings (SSSR count). The number of hydrogen-bond acceptors (Lipinski definition) is 3. The summed E-state index contributed by atoms with van der Waals surface area (Å²) in [5.74, 6) is 0.543. The van der Waals surface area contributed by atoms with Gasteiger partial charge in [0.15, 0.2) is 0 Å². The summed E-state index contributed by atoms with van der Waals surface area (Å²) in [6.45, 7) is 2.25. The van der Waals surface area contributed by atoms with Crippen LogP contribution in [0.3, 0.4) is 0 Å². The van der Waals surface area contributed by atoms with Crippen molar-refractivity contribution in [3.05, 3.63) is 28.8 Å². The van der Waals surface area contributed by atoms with E-state index in [2.05, 4.69) is 12.2 Å². The Balaban J connectivity index is 2.03. The highest BCUT2D eigenvalue weighted by Gasteiger charge is 2.22. The predicted molar refractivity (Wildman–Crippen MR) is 87.1 cm³/mol. The highest BCUT2D eigenvalue weighted by molar-refractivity contribution is 6.31. The van der Waals surface area contributed by atoms with Crippen LogP contribution in [0.1, 0.15) is 55.8 Å². The third kappa shape index (κ3) is 4.37. The standard InChI is InChI=1S/C17H24ClNO2/c1-3-4-12-5-8-14(9-6-12)19-16-11-13(18)7-10-15(16)17(20)21-2/h7,10-12,14,19H,3-6,8-9H2,1-2H3. The molecule has 4 heteroatoms. The second-order valence-corrected chi connectivity index (χ2v) is 6.27. The molecule has 1 N–H and O–H groups in total. The Morgan fingerprint density at radius 1 is 1.33 bits per heavy atom. The van der Waals surface area contributed by atoms with Crippen LogP contribution < -0.4 is 5.32 Å². The molecule has 1 aromatic carbocycles. The summed E-state index contributed by atoms with van der Waals surface area (Å²) >= 11 is 6.05. The second-order valence-electron chi connectivity index (χ2n) is 5.83. The van der Waals surface area contributed by atoms with Gasteiger partial charge in [0.1, 0.15) is 0 Å². The summed E-state index contributed by atoms with van der Waals surface area (Å²) in [6, 6.07) is 5.67. The van der Waals surface area contributed by atoms with Crippen LogP contribution in [0.25, 0.3) is 0 Å². The lowest BCUT2D eigenvalue weighted by atomic mass is 9.83. The molecule has 1 aliphatic rings. The zero-order chi connectivity index (χ0) is 15.2. The van der Waals surface area contributed by atoms with Crippen LogP contribution in [0.5, 0.6) is 0 Å². The van der Waals surface area contributed by atoms with Gasteiger partial charge in [-0.25, -0.2) is 4.79 Å². The molecule has 0 saturated heterocycles. The molecule has 0 atom stereocenters. The number of esters is 1. The third-order valence-electron chi connectivity index (χ3n) is 4.29. The Hall–Kier alpha value is -1.22.